The zero-order chi connectivity index (χ0) is 12.5. The molecule has 3 nitrogen and oxygen atoms in total. The monoisotopic (exact) mass is 264 g/mol. The number of hydrogen-bond donors (Lipinski definition) is 1. The molecule has 18 heavy (non-hydrogen) atoms. The van der Waals surface area contributed by atoms with E-state index >= 15 is 0 Å². The van der Waals surface area contributed by atoms with E-state index < -0.39 is 0 Å². The van der Waals surface area contributed by atoms with Gasteiger partial charge in [0.25, 0.3) is 0 Å². The lowest BCUT2D eigenvalue weighted by atomic mass is 10.1. The summed E-state index contributed by atoms with van der Waals surface area (Å²) in [5, 5.41) is 7.75. The Hall–Kier alpha value is -0.870. The van der Waals surface area contributed by atoms with Gasteiger partial charge >= 0.3 is 0 Å². The Labute approximate surface area is 112 Å². The molecule has 0 bridgehead atoms. The minimum absolute atomic E-state index is 0.0265. The van der Waals surface area contributed by atoms with E-state index in [-0.39, 0.29) is 12.2 Å². The third-order valence-corrected chi connectivity index (χ3v) is 4.54. The van der Waals surface area contributed by atoms with E-state index in [0.29, 0.717) is 5.91 Å². The van der Waals surface area contributed by atoms with Crippen molar-refractivity contribution in [2.75, 3.05) is 6.54 Å². The van der Waals surface area contributed by atoms with E-state index in [2.05, 4.69) is 34.0 Å². The van der Waals surface area contributed by atoms with Gasteiger partial charge in [0.05, 0.1) is 6.04 Å². The molecule has 1 aliphatic heterocycles. The second-order valence-electron chi connectivity index (χ2n) is 5.40. The van der Waals surface area contributed by atoms with Crippen LogP contribution in [0.15, 0.2) is 16.8 Å². The third-order valence-electron chi connectivity index (χ3n) is 3.84. The third kappa shape index (κ3) is 2.31. The summed E-state index contributed by atoms with van der Waals surface area (Å²) < 4.78 is 0. The highest BCUT2D eigenvalue weighted by Gasteiger charge is 2.41. The maximum atomic E-state index is 12.4. The first kappa shape index (κ1) is 12.2. The fraction of sp³-hybridized carbons (Fsp3) is 0.643. The van der Waals surface area contributed by atoms with Crippen molar-refractivity contribution in [3.8, 4) is 0 Å². The van der Waals surface area contributed by atoms with Crippen molar-refractivity contribution in [3.05, 3.63) is 22.4 Å². The van der Waals surface area contributed by atoms with Gasteiger partial charge in [-0.05, 0) is 47.6 Å². The number of rotatable bonds is 5. The van der Waals surface area contributed by atoms with E-state index in [4.69, 9.17) is 0 Å². The molecule has 0 aromatic carbocycles. The molecule has 2 fully saturated rings. The minimum atomic E-state index is 0.0265. The largest absolute Gasteiger partial charge is 0.321 e. The lowest BCUT2D eigenvalue weighted by Gasteiger charge is -2.23. The molecular weight excluding hydrogens is 244 g/mol. The fourth-order valence-corrected chi connectivity index (χ4v) is 3.33. The summed E-state index contributed by atoms with van der Waals surface area (Å²) in [6.07, 6.45) is 4.69. The first-order valence-electron chi connectivity index (χ1n) is 6.88. The molecule has 0 spiro atoms. The molecule has 1 amide bonds. The molecule has 1 aliphatic carbocycles. The average molecular weight is 264 g/mol. The first-order chi connectivity index (χ1) is 8.79. The Balaban J connectivity index is 1.78. The van der Waals surface area contributed by atoms with Crippen molar-refractivity contribution < 1.29 is 4.79 Å². The van der Waals surface area contributed by atoms with Crippen LogP contribution in [-0.2, 0) is 4.79 Å². The van der Waals surface area contributed by atoms with E-state index in [9.17, 15) is 4.79 Å². The van der Waals surface area contributed by atoms with Gasteiger partial charge in [-0.3, -0.25) is 10.1 Å². The quantitative estimate of drug-likeness (QED) is 0.887. The number of carbonyl (C=O) groups is 1. The number of carbonyl (C=O) groups excluding carboxylic acids is 1. The van der Waals surface area contributed by atoms with Crippen LogP contribution in [0, 0.1) is 5.92 Å². The predicted molar refractivity (Wildman–Crippen MR) is 73.3 cm³/mol. The number of nitrogens with one attached hydrogen (secondary N) is 1. The Morgan fingerprint density at radius 1 is 1.50 bits per heavy atom. The van der Waals surface area contributed by atoms with Crippen molar-refractivity contribution in [1.82, 2.24) is 10.2 Å². The second kappa shape index (κ2) is 5.02. The van der Waals surface area contributed by atoms with Crippen molar-refractivity contribution in [2.24, 2.45) is 5.92 Å². The van der Waals surface area contributed by atoms with Crippen molar-refractivity contribution >= 4 is 17.2 Å². The fourth-order valence-electron chi connectivity index (χ4n) is 2.66. The van der Waals surface area contributed by atoms with Crippen LogP contribution in [0.25, 0.3) is 0 Å². The van der Waals surface area contributed by atoms with Crippen LogP contribution in [0.4, 0.5) is 0 Å². The predicted octanol–water partition coefficient (Wildman–Crippen LogP) is 2.76. The lowest BCUT2D eigenvalue weighted by molar-refractivity contribution is -0.130. The van der Waals surface area contributed by atoms with Crippen molar-refractivity contribution in [1.29, 1.82) is 0 Å². The van der Waals surface area contributed by atoms with Crippen LogP contribution in [0.5, 0.6) is 0 Å². The van der Waals surface area contributed by atoms with Crippen LogP contribution in [0.1, 0.15) is 44.3 Å². The Bertz CT molecular complexity index is 413. The molecule has 1 saturated heterocycles. The van der Waals surface area contributed by atoms with Gasteiger partial charge < -0.3 is 4.90 Å². The van der Waals surface area contributed by atoms with Crippen LogP contribution < -0.4 is 5.32 Å². The van der Waals surface area contributed by atoms with E-state index in [0.717, 1.165) is 25.3 Å². The van der Waals surface area contributed by atoms with Gasteiger partial charge in [0.1, 0.15) is 6.17 Å². The molecule has 98 valence electrons. The van der Waals surface area contributed by atoms with Gasteiger partial charge in [0, 0.05) is 6.54 Å². The molecule has 2 atom stereocenters. The summed E-state index contributed by atoms with van der Waals surface area (Å²) in [5.41, 5.74) is 1.24. The molecule has 2 unspecified atom stereocenters. The smallest absolute Gasteiger partial charge is 0.241 e. The maximum absolute atomic E-state index is 12.4. The lowest BCUT2D eigenvalue weighted by Crippen LogP contribution is -2.32. The van der Waals surface area contributed by atoms with Crippen LogP contribution in [-0.4, -0.2) is 23.4 Å². The minimum Gasteiger partial charge on any atom is -0.321 e. The molecule has 0 radical (unpaired) electrons. The second-order valence-corrected chi connectivity index (χ2v) is 6.18. The van der Waals surface area contributed by atoms with Gasteiger partial charge in [0.2, 0.25) is 5.91 Å². The summed E-state index contributed by atoms with van der Waals surface area (Å²) in [7, 11) is 0. The van der Waals surface area contributed by atoms with E-state index in [1.165, 1.54) is 18.4 Å². The molecule has 1 aromatic heterocycles. The molecule has 2 heterocycles. The van der Waals surface area contributed by atoms with Gasteiger partial charge in [-0.1, -0.05) is 13.3 Å². The molecule has 2 aliphatic rings. The van der Waals surface area contributed by atoms with Crippen LogP contribution >= 0.6 is 11.3 Å². The number of hydrogen-bond acceptors (Lipinski definition) is 3. The standard InChI is InChI=1S/C14H20N2OS/c1-2-3-12-14(17)16(8-10-4-5-10)13(15-12)11-6-7-18-9-11/h6-7,9-10,12-13,15H,2-5,8H2,1H3. The van der Waals surface area contributed by atoms with E-state index in [1.807, 2.05) is 0 Å². The van der Waals surface area contributed by atoms with Crippen LogP contribution in [0.2, 0.25) is 0 Å². The molecule has 1 saturated carbocycles. The molecule has 1 aromatic rings. The average Bonchev–Trinajstić information content (AvgIpc) is 2.91. The topological polar surface area (TPSA) is 32.3 Å². The Kier molecular flexibility index (Phi) is 3.39. The molecule has 1 N–H and O–H groups in total. The highest BCUT2D eigenvalue weighted by atomic mass is 32.1. The molecule has 4 heteroatoms. The molecular formula is C14H20N2OS. The Morgan fingerprint density at radius 3 is 2.94 bits per heavy atom. The number of nitrogens with zero attached hydrogens (tertiary/aromatic N) is 1. The maximum Gasteiger partial charge on any atom is 0.241 e. The number of thiophene rings is 1. The normalized spacial score (nSPS) is 28.1. The van der Waals surface area contributed by atoms with Gasteiger partial charge in [0.15, 0.2) is 0 Å². The first-order valence-corrected chi connectivity index (χ1v) is 7.82. The van der Waals surface area contributed by atoms with Gasteiger partial charge in [-0.15, -0.1) is 0 Å². The van der Waals surface area contributed by atoms with E-state index in [1.54, 1.807) is 11.3 Å². The highest BCUT2D eigenvalue weighted by Crippen LogP contribution is 2.35. The zero-order valence-electron chi connectivity index (χ0n) is 10.8. The number of amides is 1. The highest BCUT2D eigenvalue weighted by molar-refractivity contribution is 7.07. The van der Waals surface area contributed by atoms with Crippen molar-refractivity contribution in [2.45, 2.75) is 44.8 Å². The zero-order valence-corrected chi connectivity index (χ0v) is 11.6. The van der Waals surface area contributed by atoms with Crippen LogP contribution in [0.3, 0.4) is 0 Å². The summed E-state index contributed by atoms with van der Waals surface area (Å²) in [5.74, 6) is 1.05. The van der Waals surface area contributed by atoms with Gasteiger partial charge in [-0.2, -0.15) is 11.3 Å². The molecule has 3 rings (SSSR count). The summed E-state index contributed by atoms with van der Waals surface area (Å²) in [4.78, 5) is 14.5. The Morgan fingerprint density at radius 2 is 2.33 bits per heavy atom. The summed E-state index contributed by atoms with van der Waals surface area (Å²) in [6, 6.07) is 2.16. The summed E-state index contributed by atoms with van der Waals surface area (Å²) in [6.45, 7) is 3.07. The summed E-state index contributed by atoms with van der Waals surface area (Å²) >= 11 is 1.70. The van der Waals surface area contributed by atoms with Crippen molar-refractivity contribution in [3.63, 3.8) is 0 Å². The van der Waals surface area contributed by atoms with Gasteiger partial charge in [-0.25, -0.2) is 0 Å². The SMILES string of the molecule is CCCC1NC(c2ccsc2)N(CC2CC2)C1=O.